The Labute approximate surface area is 104 Å². The molecule has 17 heavy (non-hydrogen) atoms. The summed E-state index contributed by atoms with van der Waals surface area (Å²) in [6, 6.07) is 11.0. The standard InChI is InChI=1S/C16H23N/c17-16(10-12-4-2-1-3-5-12)11-15-9-13-6-7-14(15)8-13/h1-5,13-16H,6-11,17H2. The maximum Gasteiger partial charge on any atom is 0.00820 e. The Balaban J connectivity index is 1.52. The van der Waals surface area contributed by atoms with Crippen LogP contribution in [0.2, 0.25) is 0 Å². The molecule has 92 valence electrons. The topological polar surface area (TPSA) is 26.0 Å². The lowest BCUT2D eigenvalue weighted by Gasteiger charge is -2.24. The van der Waals surface area contributed by atoms with Gasteiger partial charge in [0, 0.05) is 6.04 Å². The zero-order valence-corrected chi connectivity index (χ0v) is 10.5. The van der Waals surface area contributed by atoms with Gasteiger partial charge in [0.25, 0.3) is 0 Å². The van der Waals surface area contributed by atoms with E-state index in [1.807, 2.05) is 0 Å². The molecule has 2 fully saturated rings. The quantitative estimate of drug-likeness (QED) is 0.841. The maximum atomic E-state index is 6.32. The van der Waals surface area contributed by atoms with Gasteiger partial charge in [0.05, 0.1) is 0 Å². The summed E-state index contributed by atoms with van der Waals surface area (Å²) in [4.78, 5) is 0. The molecule has 1 heteroatoms. The van der Waals surface area contributed by atoms with Crippen LogP contribution >= 0.6 is 0 Å². The van der Waals surface area contributed by atoms with Crippen molar-refractivity contribution in [2.75, 3.05) is 0 Å². The second kappa shape index (κ2) is 4.81. The fourth-order valence-corrected chi connectivity index (χ4v) is 4.05. The van der Waals surface area contributed by atoms with Crippen LogP contribution in [-0.2, 0) is 6.42 Å². The van der Waals surface area contributed by atoms with E-state index in [2.05, 4.69) is 30.3 Å². The summed E-state index contributed by atoms with van der Waals surface area (Å²) in [6.07, 6.45) is 8.24. The number of hydrogen-bond donors (Lipinski definition) is 1. The summed E-state index contributed by atoms with van der Waals surface area (Å²) in [5, 5.41) is 0. The lowest BCUT2D eigenvalue weighted by atomic mass is 9.83. The third kappa shape index (κ3) is 2.55. The van der Waals surface area contributed by atoms with Gasteiger partial charge in [-0.15, -0.1) is 0 Å². The van der Waals surface area contributed by atoms with Crippen molar-refractivity contribution in [2.24, 2.45) is 23.5 Å². The highest BCUT2D eigenvalue weighted by molar-refractivity contribution is 5.15. The van der Waals surface area contributed by atoms with Crippen LogP contribution in [0.15, 0.2) is 30.3 Å². The lowest BCUT2D eigenvalue weighted by molar-refractivity contribution is 0.294. The second-order valence-corrected chi connectivity index (χ2v) is 6.12. The Morgan fingerprint density at radius 3 is 2.59 bits per heavy atom. The molecule has 4 unspecified atom stereocenters. The Kier molecular flexibility index (Phi) is 3.19. The molecule has 0 aromatic heterocycles. The zero-order valence-electron chi connectivity index (χ0n) is 10.5. The molecule has 0 heterocycles. The average Bonchev–Trinajstić information content (AvgIpc) is 2.92. The van der Waals surface area contributed by atoms with Gasteiger partial charge in [0.1, 0.15) is 0 Å². The van der Waals surface area contributed by atoms with Crippen LogP contribution in [0.1, 0.15) is 37.7 Å². The first-order valence-corrected chi connectivity index (χ1v) is 7.11. The molecular formula is C16H23N. The minimum absolute atomic E-state index is 0.363. The molecule has 0 spiro atoms. The molecule has 2 N–H and O–H groups in total. The first kappa shape index (κ1) is 11.3. The molecule has 3 rings (SSSR count). The molecule has 2 aliphatic carbocycles. The average molecular weight is 229 g/mol. The minimum atomic E-state index is 0.363. The van der Waals surface area contributed by atoms with Crippen molar-refractivity contribution in [3.63, 3.8) is 0 Å². The third-order valence-electron chi connectivity index (χ3n) is 4.83. The van der Waals surface area contributed by atoms with Crippen molar-refractivity contribution in [2.45, 2.75) is 44.6 Å². The molecule has 1 aromatic carbocycles. The third-order valence-corrected chi connectivity index (χ3v) is 4.83. The molecular weight excluding hydrogens is 206 g/mol. The van der Waals surface area contributed by atoms with E-state index in [0.717, 1.165) is 24.2 Å². The van der Waals surface area contributed by atoms with Crippen LogP contribution < -0.4 is 5.73 Å². The molecule has 0 saturated heterocycles. The van der Waals surface area contributed by atoms with Crippen LogP contribution in [0.5, 0.6) is 0 Å². The van der Waals surface area contributed by atoms with Crippen molar-refractivity contribution in [1.82, 2.24) is 0 Å². The van der Waals surface area contributed by atoms with Gasteiger partial charge in [-0.2, -0.15) is 0 Å². The van der Waals surface area contributed by atoms with E-state index >= 15 is 0 Å². The highest BCUT2D eigenvalue weighted by Crippen LogP contribution is 2.49. The molecule has 1 aromatic rings. The van der Waals surface area contributed by atoms with E-state index in [1.165, 1.54) is 37.7 Å². The molecule has 1 nitrogen and oxygen atoms in total. The molecule has 0 aliphatic heterocycles. The van der Waals surface area contributed by atoms with Crippen LogP contribution in [0.25, 0.3) is 0 Å². The number of fused-ring (bicyclic) bond motifs is 2. The van der Waals surface area contributed by atoms with Crippen molar-refractivity contribution in [1.29, 1.82) is 0 Å². The van der Waals surface area contributed by atoms with Gasteiger partial charge < -0.3 is 5.73 Å². The normalized spacial score (nSPS) is 32.9. The zero-order chi connectivity index (χ0) is 11.7. The lowest BCUT2D eigenvalue weighted by Crippen LogP contribution is -2.28. The minimum Gasteiger partial charge on any atom is -0.327 e. The van der Waals surface area contributed by atoms with Gasteiger partial charge in [0.2, 0.25) is 0 Å². The summed E-state index contributed by atoms with van der Waals surface area (Å²) >= 11 is 0. The van der Waals surface area contributed by atoms with Gasteiger partial charge in [-0.25, -0.2) is 0 Å². The summed E-state index contributed by atoms with van der Waals surface area (Å²) < 4.78 is 0. The second-order valence-electron chi connectivity index (χ2n) is 6.12. The number of hydrogen-bond acceptors (Lipinski definition) is 1. The van der Waals surface area contributed by atoms with E-state index in [4.69, 9.17) is 5.73 Å². The van der Waals surface area contributed by atoms with E-state index in [0.29, 0.717) is 6.04 Å². The largest absolute Gasteiger partial charge is 0.327 e. The molecule has 4 atom stereocenters. The van der Waals surface area contributed by atoms with E-state index in [1.54, 1.807) is 0 Å². The molecule has 0 radical (unpaired) electrons. The van der Waals surface area contributed by atoms with E-state index in [-0.39, 0.29) is 0 Å². The van der Waals surface area contributed by atoms with Crippen LogP contribution in [0.3, 0.4) is 0 Å². The number of nitrogens with two attached hydrogens (primary N) is 1. The van der Waals surface area contributed by atoms with Crippen molar-refractivity contribution in [3.05, 3.63) is 35.9 Å². The van der Waals surface area contributed by atoms with Gasteiger partial charge in [-0.1, -0.05) is 36.8 Å². The van der Waals surface area contributed by atoms with Gasteiger partial charge in [-0.05, 0) is 55.4 Å². The summed E-state index contributed by atoms with van der Waals surface area (Å²) in [5.74, 6) is 3.00. The van der Waals surface area contributed by atoms with Crippen molar-refractivity contribution >= 4 is 0 Å². The highest BCUT2D eigenvalue weighted by Gasteiger charge is 2.39. The Morgan fingerprint density at radius 1 is 1.12 bits per heavy atom. The van der Waals surface area contributed by atoms with Crippen LogP contribution in [-0.4, -0.2) is 6.04 Å². The highest BCUT2D eigenvalue weighted by atomic mass is 14.6. The SMILES string of the molecule is NC(Cc1ccccc1)CC1CC2CCC1C2. The van der Waals surface area contributed by atoms with Crippen LogP contribution in [0.4, 0.5) is 0 Å². The fourth-order valence-electron chi connectivity index (χ4n) is 4.05. The predicted molar refractivity (Wildman–Crippen MR) is 71.7 cm³/mol. The van der Waals surface area contributed by atoms with Gasteiger partial charge in [0.15, 0.2) is 0 Å². The van der Waals surface area contributed by atoms with Gasteiger partial charge in [-0.3, -0.25) is 0 Å². The summed E-state index contributed by atoms with van der Waals surface area (Å²) in [7, 11) is 0. The van der Waals surface area contributed by atoms with Crippen molar-refractivity contribution < 1.29 is 0 Å². The van der Waals surface area contributed by atoms with Crippen molar-refractivity contribution in [3.8, 4) is 0 Å². The molecule has 2 saturated carbocycles. The number of benzene rings is 1. The van der Waals surface area contributed by atoms with Crippen LogP contribution in [0, 0.1) is 17.8 Å². The van der Waals surface area contributed by atoms with E-state index < -0.39 is 0 Å². The summed E-state index contributed by atoms with van der Waals surface area (Å²) in [6.45, 7) is 0. The fraction of sp³-hybridized carbons (Fsp3) is 0.625. The molecule has 2 aliphatic rings. The first-order chi connectivity index (χ1) is 8.31. The first-order valence-electron chi connectivity index (χ1n) is 7.11. The molecule has 2 bridgehead atoms. The van der Waals surface area contributed by atoms with E-state index in [9.17, 15) is 0 Å². The Morgan fingerprint density at radius 2 is 1.94 bits per heavy atom. The predicted octanol–water partition coefficient (Wildman–Crippen LogP) is 3.38. The summed E-state index contributed by atoms with van der Waals surface area (Å²) in [5.41, 5.74) is 7.71. The van der Waals surface area contributed by atoms with Gasteiger partial charge >= 0.3 is 0 Å². The maximum absolute atomic E-state index is 6.32. The monoisotopic (exact) mass is 229 g/mol. The Hall–Kier alpha value is -0.820. The smallest absolute Gasteiger partial charge is 0.00820 e. The Bertz CT molecular complexity index is 359. The number of rotatable bonds is 4. The molecule has 0 amide bonds.